The number of rotatable bonds is 1. The number of hydrogen-bond donors (Lipinski definition) is 1. The van der Waals surface area contributed by atoms with Gasteiger partial charge in [0.05, 0.1) is 10.8 Å². The molecule has 1 aliphatic carbocycles. The van der Waals surface area contributed by atoms with Gasteiger partial charge in [-0.15, -0.1) is 22.9 Å². The molecule has 3 nitrogen and oxygen atoms in total. The maximum Gasteiger partial charge on any atom is 0.259 e. The fraction of sp³-hybridized carbons (Fsp3) is 0.538. The summed E-state index contributed by atoms with van der Waals surface area (Å²) in [5.41, 5.74) is 1.19. The van der Waals surface area contributed by atoms with Crippen LogP contribution in [0.25, 0.3) is 10.2 Å². The van der Waals surface area contributed by atoms with Crippen molar-refractivity contribution in [3.63, 3.8) is 0 Å². The van der Waals surface area contributed by atoms with Crippen molar-refractivity contribution in [3.05, 3.63) is 26.6 Å². The molecule has 0 radical (unpaired) electrons. The topological polar surface area (TPSA) is 45.8 Å². The molecular formula is C13H15ClN2OS. The van der Waals surface area contributed by atoms with E-state index in [1.165, 1.54) is 10.4 Å². The number of thiophene rings is 1. The van der Waals surface area contributed by atoms with E-state index in [4.69, 9.17) is 11.6 Å². The van der Waals surface area contributed by atoms with E-state index in [1.54, 1.807) is 11.3 Å². The van der Waals surface area contributed by atoms with Crippen molar-refractivity contribution in [2.24, 2.45) is 5.92 Å². The van der Waals surface area contributed by atoms with Crippen LogP contribution in [0.1, 0.15) is 41.9 Å². The molecule has 1 N–H and O–H groups in total. The van der Waals surface area contributed by atoms with Gasteiger partial charge in [0.2, 0.25) is 0 Å². The standard InChI is InChI=1S/C13H15ClN2OS/c1-6-3-4-8-9(5-6)18-13-10(8)12(17)15-11(16-13)7(2)14/h6-7H,3-5H2,1-2H3,(H,15,16,17)/t6-,7-/m0/s1. The lowest BCUT2D eigenvalue weighted by Crippen LogP contribution is -2.14. The van der Waals surface area contributed by atoms with Crippen LogP contribution in [0.15, 0.2) is 4.79 Å². The summed E-state index contributed by atoms with van der Waals surface area (Å²) in [7, 11) is 0. The molecule has 0 spiro atoms. The molecule has 2 aromatic heterocycles. The van der Waals surface area contributed by atoms with Gasteiger partial charge in [0.15, 0.2) is 0 Å². The number of hydrogen-bond acceptors (Lipinski definition) is 3. The van der Waals surface area contributed by atoms with Crippen molar-refractivity contribution in [1.29, 1.82) is 0 Å². The Morgan fingerprint density at radius 1 is 1.56 bits per heavy atom. The minimum absolute atomic E-state index is 0.0328. The van der Waals surface area contributed by atoms with Crippen LogP contribution in [0.2, 0.25) is 0 Å². The minimum Gasteiger partial charge on any atom is -0.309 e. The van der Waals surface area contributed by atoms with Crippen LogP contribution in [-0.2, 0) is 12.8 Å². The van der Waals surface area contributed by atoms with Crippen molar-refractivity contribution in [3.8, 4) is 0 Å². The first-order chi connectivity index (χ1) is 8.56. The van der Waals surface area contributed by atoms with E-state index in [-0.39, 0.29) is 10.9 Å². The zero-order chi connectivity index (χ0) is 12.9. The summed E-state index contributed by atoms with van der Waals surface area (Å²) in [6.07, 6.45) is 3.23. The first-order valence-electron chi connectivity index (χ1n) is 6.24. The molecule has 0 unspecified atom stereocenters. The molecule has 0 saturated carbocycles. The van der Waals surface area contributed by atoms with E-state index in [0.29, 0.717) is 11.7 Å². The highest BCUT2D eigenvalue weighted by Gasteiger charge is 2.23. The molecular weight excluding hydrogens is 268 g/mol. The molecule has 0 fully saturated rings. The van der Waals surface area contributed by atoms with Gasteiger partial charge in [0.1, 0.15) is 10.7 Å². The smallest absolute Gasteiger partial charge is 0.259 e. The molecule has 0 aliphatic heterocycles. The predicted molar refractivity (Wildman–Crippen MR) is 75.7 cm³/mol. The number of alkyl halides is 1. The van der Waals surface area contributed by atoms with E-state index < -0.39 is 0 Å². The molecule has 0 amide bonds. The van der Waals surface area contributed by atoms with Gasteiger partial charge in [-0.25, -0.2) is 4.98 Å². The van der Waals surface area contributed by atoms with Gasteiger partial charge in [-0.2, -0.15) is 0 Å². The number of fused-ring (bicyclic) bond motifs is 3. The molecule has 96 valence electrons. The quantitative estimate of drug-likeness (QED) is 0.815. The van der Waals surface area contributed by atoms with Crippen LogP contribution in [0, 0.1) is 5.92 Å². The van der Waals surface area contributed by atoms with E-state index in [9.17, 15) is 4.79 Å². The fourth-order valence-electron chi connectivity index (χ4n) is 2.55. The highest BCUT2D eigenvalue weighted by atomic mass is 35.5. The second-order valence-corrected chi connectivity index (χ2v) is 6.84. The summed E-state index contributed by atoms with van der Waals surface area (Å²) in [5.74, 6) is 1.27. The number of H-pyrrole nitrogens is 1. The summed E-state index contributed by atoms with van der Waals surface area (Å²) in [6.45, 7) is 4.08. The summed E-state index contributed by atoms with van der Waals surface area (Å²) in [6, 6.07) is 0. The zero-order valence-corrected chi connectivity index (χ0v) is 12.0. The second kappa shape index (κ2) is 4.35. The Morgan fingerprint density at radius 2 is 2.33 bits per heavy atom. The maximum atomic E-state index is 12.2. The average Bonchev–Trinajstić information content (AvgIpc) is 2.66. The minimum atomic E-state index is -0.264. The maximum absolute atomic E-state index is 12.2. The molecule has 1 aliphatic rings. The predicted octanol–water partition coefficient (Wildman–Crippen LogP) is 3.41. The van der Waals surface area contributed by atoms with Gasteiger partial charge in [0.25, 0.3) is 5.56 Å². The zero-order valence-electron chi connectivity index (χ0n) is 10.4. The number of aromatic amines is 1. The molecule has 18 heavy (non-hydrogen) atoms. The van der Waals surface area contributed by atoms with Crippen molar-refractivity contribution < 1.29 is 0 Å². The Labute approximate surface area is 114 Å². The van der Waals surface area contributed by atoms with Gasteiger partial charge < -0.3 is 4.98 Å². The van der Waals surface area contributed by atoms with Gasteiger partial charge >= 0.3 is 0 Å². The molecule has 0 bridgehead atoms. The molecule has 2 heterocycles. The van der Waals surface area contributed by atoms with Gasteiger partial charge in [-0.3, -0.25) is 4.79 Å². The lowest BCUT2D eigenvalue weighted by atomic mass is 9.89. The van der Waals surface area contributed by atoms with Crippen molar-refractivity contribution in [2.75, 3.05) is 0 Å². The lowest BCUT2D eigenvalue weighted by Gasteiger charge is -2.17. The lowest BCUT2D eigenvalue weighted by molar-refractivity contribution is 0.509. The van der Waals surface area contributed by atoms with Gasteiger partial charge in [0, 0.05) is 4.88 Å². The van der Waals surface area contributed by atoms with E-state index in [0.717, 1.165) is 29.5 Å². The SMILES string of the molecule is C[C@H]1CCc2c(sc3nc([C@H](C)Cl)[nH]c(=O)c23)C1. The van der Waals surface area contributed by atoms with Crippen molar-refractivity contribution in [1.82, 2.24) is 9.97 Å². The van der Waals surface area contributed by atoms with Crippen LogP contribution >= 0.6 is 22.9 Å². The Morgan fingerprint density at radius 3 is 3.06 bits per heavy atom. The molecule has 0 saturated heterocycles. The van der Waals surface area contributed by atoms with Gasteiger partial charge in [-0.05, 0) is 37.7 Å². The largest absolute Gasteiger partial charge is 0.309 e. The Bertz CT molecular complexity index is 659. The average molecular weight is 283 g/mol. The number of halogens is 1. The number of nitrogens with one attached hydrogen (secondary N) is 1. The summed E-state index contributed by atoms with van der Waals surface area (Å²) < 4.78 is 0. The number of aryl methyl sites for hydroxylation is 1. The first-order valence-corrected chi connectivity index (χ1v) is 7.50. The number of aromatic nitrogens is 2. The summed E-state index contributed by atoms with van der Waals surface area (Å²) >= 11 is 7.66. The molecule has 3 rings (SSSR count). The Kier molecular flexibility index (Phi) is 2.94. The van der Waals surface area contributed by atoms with Crippen molar-refractivity contribution >= 4 is 33.2 Å². The number of nitrogens with zero attached hydrogens (tertiary/aromatic N) is 1. The first kappa shape index (κ1) is 12.2. The fourth-order valence-corrected chi connectivity index (χ4v) is 4.05. The van der Waals surface area contributed by atoms with Crippen LogP contribution in [0.4, 0.5) is 0 Å². The molecule has 5 heteroatoms. The third kappa shape index (κ3) is 1.88. The molecule has 2 aromatic rings. The summed E-state index contributed by atoms with van der Waals surface area (Å²) in [5, 5.41) is 0.531. The third-order valence-corrected chi connectivity index (χ3v) is 4.92. The highest BCUT2D eigenvalue weighted by Crippen LogP contribution is 2.35. The Balaban J connectivity index is 2.25. The van der Waals surface area contributed by atoms with Gasteiger partial charge in [-0.1, -0.05) is 6.92 Å². The van der Waals surface area contributed by atoms with E-state index in [2.05, 4.69) is 16.9 Å². The van der Waals surface area contributed by atoms with Crippen molar-refractivity contribution in [2.45, 2.75) is 38.5 Å². The van der Waals surface area contributed by atoms with E-state index in [1.807, 2.05) is 6.92 Å². The second-order valence-electron chi connectivity index (χ2n) is 5.10. The van der Waals surface area contributed by atoms with Crippen LogP contribution in [0.5, 0.6) is 0 Å². The van der Waals surface area contributed by atoms with Crippen LogP contribution < -0.4 is 5.56 Å². The Hall–Kier alpha value is -0.870. The molecule has 2 atom stereocenters. The molecule has 0 aromatic carbocycles. The van der Waals surface area contributed by atoms with Crippen LogP contribution in [0.3, 0.4) is 0 Å². The van der Waals surface area contributed by atoms with E-state index >= 15 is 0 Å². The monoisotopic (exact) mass is 282 g/mol. The third-order valence-electron chi connectivity index (χ3n) is 3.56. The van der Waals surface area contributed by atoms with Crippen LogP contribution in [-0.4, -0.2) is 9.97 Å². The normalized spacial score (nSPS) is 20.9. The summed E-state index contributed by atoms with van der Waals surface area (Å²) in [4.78, 5) is 21.7. The highest BCUT2D eigenvalue weighted by molar-refractivity contribution is 7.18.